The minimum Gasteiger partial charge on any atom is -0.378 e. The first kappa shape index (κ1) is 23.3. The molecule has 1 amide bonds. The molecule has 0 saturated heterocycles. The number of nitrogens with one attached hydrogen (secondary N) is 2. The molecule has 0 atom stereocenters. The highest BCUT2D eigenvalue weighted by Gasteiger charge is 2.00. The fraction of sp³-hybridized carbons (Fsp3) is 0.941. The molecule has 2 N–H and O–H groups in total. The predicted octanol–water partition coefficient (Wildman–Crippen LogP) is 0.967. The van der Waals surface area contributed by atoms with Gasteiger partial charge >= 0.3 is 0 Å². The van der Waals surface area contributed by atoms with Crippen molar-refractivity contribution < 1.29 is 23.7 Å². The van der Waals surface area contributed by atoms with Gasteiger partial charge in [-0.25, -0.2) is 0 Å². The third-order valence-electron chi connectivity index (χ3n) is 3.40. The van der Waals surface area contributed by atoms with E-state index in [2.05, 4.69) is 24.5 Å². The molecular formula is C17H36N2O5. The first-order valence-electron chi connectivity index (χ1n) is 8.99. The molecule has 0 aliphatic carbocycles. The molecule has 0 bridgehead atoms. The highest BCUT2D eigenvalue weighted by molar-refractivity contribution is 5.72. The van der Waals surface area contributed by atoms with E-state index in [9.17, 15) is 4.79 Å². The number of rotatable bonds is 18. The van der Waals surface area contributed by atoms with Gasteiger partial charge in [0.05, 0.1) is 52.9 Å². The Kier molecular flexibility index (Phi) is 18.0. The molecule has 0 saturated carbocycles. The van der Waals surface area contributed by atoms with Crippen molar-refractivity contribution in [3.05, 3.63) is 0 Å². The van der Waals surface area contributed by atoms with E-state index in [-0.39, 0.29) is 5.91 Å². The van der Waals surface area contributed by atoms with Gasteiger partial charge in [0.2, 0.25) is 5.91 Å². The molecule has 7 heteroatoms. The maximum atomic E-state index is 10.6. The second-order valence-electron chi connectivity index (χ2n) is 5.40. The van der Waals surface area contributed by atoms with Crippen LogP contribution in [0.25, 0.3) is 0 Å². The van der Waals surface area contributed by atoms with Crippen LogP contribution in [0.5, 0.6) is 0 Å². The van der Waals surface area contributed by atoms with Crippen LogP contribution in [0.15, 0.2) is 0 Å². The largest absolute Gasteiger partial charge is 0.378 e. The Morgan fingerprint density at radius 2 is 1.17 bits per heavy atom. The van der Waals surface area contributed by atoms with Crippen molar-refractivity contribution in [2.75, 3.05) is 65.9 Å². The fourth-order valence-electron chi connectivity index (χ4n) is 1.97. The number of ether oxygens (including phenoxy) is 4. The molecule has 24 heavy (non-hydrogen) atoms. The lowest BCUT2D eigenvalue weighted by molar-refractivity contribution is -0.119. The number of carbonyl (C=O) groups excluding carboxylic acids is 1. The molecule has 0 unspecified atom stereocenters. The van der Waals surface area contributed by atoms with E-state index in [1.165, 1.54) is 6.92 Å². The van der Waals surface area contributed by atoms with Crippen LogP contribution in [-0.4, -0.2) is 77.9 Å². The van der Waals surface area contributed by atoms with Gasteiger partial charge < -0.3 is 29.6 Å². The molecule has 0 aromatic rings. The molecule has 0 aliphatic heterocycles. The molecule has 144 valence electrons. The first-order chi connectivity index (χ1) is 11.7. The summed E-state index contributed by atoms with van der Waals surface area (Å²) >= 11 is 0. The van der Waals surface area contributed by atoms with Crippen LogP contribution in [0.1, 0.15) is 33.6 Å². The van der Waals surface area contributed by atoms with Gasteiger partial charge in [0.1, 0.15) is 0 Å². The lowest BCUT2D eigenvalue weighted by Crippen LogP contribution is -2.31. The summed E-state index contributed by atoms with van der Waals surface area (Å²) in [6.45, 7) is 11.8. The summed E-state index contributed by atoms with van der Waals surface area (Å²) in [5.41, 5.74) is 0. The van der Waals surface area contributed by atoms with Crippen molar-refractivity contribution in [3.8, 4) is 0 Å². The number of hydrogen-bond donors (Lipinski definition) is 2. The molecule has 0 aromatic heterocycles. The van der Waals surface area contributed by atoms with Gasteiger partial charge in [0.25, 0.3) is 0 Å². The zero-order valence-electron chi connectivity index (χ0n) is 15.6. The van der Waals surface area contributed by atoms with Gasteiger partial charge in [0.15, 0.2) is 0 Å². The van der Waals surface area contributed by atoms with Crippen LogP contribution in [0.3, 0.4) is 0 Å². The smallest absolute Gasteiger partial charge is 0.216 e. The third-order valence-corrected chi connectivity index (χ3v) is 3.40. The molecular weight excluding hydrogens is 312 g/mol. The molecule has 0 aliphatic rings. The third kappa shape index (κ3) is 17.6. The fourth-order valence-corrected chi connectivity index (χ4v) is 1.97. The minimum atomic E-state index is -0.0432. The van der Waals surface area contributed by atoms with E-state index in [1.54, 1.807) is 0 Å². The van der Waals surface area contributed by atoms with Gasteiger partial charge in [-0.1, -0.05) is 13.8 Å². The summed E-state index contributed by atoms with van der Waals surface area (Å²) in [6.07, 6.45) is 2.31. The van der Waals surface area contributed by atoms with E-state index >= 15 is 0 Å². The van der Waals surface area contributed by atoms with Gasteiger partial charge in [-0.05, 0) is 12.8 Å². The lowest BCUT2D eigenvalue weighted by atomic mass is 10.2. The first-order valence-corrected chi connectivity index (χ1v) is 8.99. The van der Waals surface area contributed by atoms with Crippen LogP contribution in [0.2, 0.25) is 0 Å². The van der Waals surface area contributed by atoms with Crippen LogP contribution in [0, 0.1) is 0 Å². The normalized spacial score (nSPS) is 11.2. The quantitative estimate of drug-likeness (QED) is 0.359. The number of carbonyl (C=O) groups is 1. The summed E-state index contributed by atoms with van der Waals surface area (Å²) in [5, 5.41) is 6.11. The summed E-state index contributed by atoms with van der Waals surface area (Å²) in [7, 11) is 0. The second kappa shape index (κ2) is 18.6. The van der Waals surface area contributed by atoms with Crippen molar-refractivity contribution in [1.82, 2.24) is 10.6 Å². The molecule has 0 heterocycles. The van der Waals surface area contributed by atoms with E-state index in [0.717, 1.165) is 19.4 Å². The molecule has 0 aromatic carbocycles. The molecule has 0 fully saturated rings. The minimum absolute atomic E-state index is 0.0432. The van der Waals surface area contributed by atoms with Crippen molar-refractivity contribution >= 4 is 5.91 Å². The summed E-state index contributed by atoms with van der Waals surface area (Å²) in [6, 6.07) is 0.594. The highest BCUT2D eigenvalue weighted by Crippen LogP contribution is 1.94. The van der Waals surface area contributed by atoms with Crippen LogP contribution >= 0.6 is 0 Å². The van der Waals surface area contributed by atoms with Crippen molar-refractivity contribution in [3.63, 3.8) is 0 Å². The van der Waals surface area contributed by atoms with Crippen LogP contribution in [-0.2, 0) is 23.7 Å². The van der Waals surface area contributed by atoms with E-state index in [4.69, 9.17) is 18.9 Å². The van der Waals surface area contributed by atoms with Crippen LogP contribution < -0.4 is 10.6 Å². The van der Waals surface area contributed by atoms with Gasteiger partial charge in [-0.15, -0.1) is 0 Å². The lowest BCUT2D eigenvalue weighted by Gasteiger charge is -2.14. The molecule has 0 rings (SSSR count). The Balaban J connectivity index is 3.06. The summed E-state index contributed by atoms with van der Waals surface area (Å²) in [4.78, 5) is 10.6. The standard InChI is InChI=1S/C17H36N2O5/c1-4-17(5-2)19-7-9-22-11-13-24-15-14-23-12-10-21-8-6-18-16(3)20/h17,19H,4-15H2,1-3H3,(H,18,20). The number of amides is 1. The molecule has 0 spiro atoms. The van der Waals surface area contributed by atoms with Crippen molar-refractivity contribution in [1.29, 1.82) is 0 Å². The molecule has 7 nitrogen and oxygen atoms in total. The average Bonchev–Trinajstić information content (AvgIpc) is 2.57. The SMILES string of the molecule is CCC(CC)NCCOCCOCCOCCOCCNC(C)=O. The van der Waals surface area contributed by atoms with E-state index in [1.807, 2.05) is 0 Å². The Morgan fingerprint density at radius 1 is 0.750 bits per heavy atom. The van der Waals surface area contributed by atoms with Crippen molar-refractivity contribution in [2.24, 2.45) is 0 Å². The summed E-state index contributed by atoms with van der Waals surface area (Å²) < 4.78 is 21.6. The zero-order chi connectivity index (χ0) is 17.9. The predicted molar refractivity (Wildman–Crippen MR) is 94.3 cm³/mol. The van der Waals surface area contributed by atoms with Gasteiger partial charge in [-0.3, -0.25) is 4.79 Å². The average molecular weight is 348 g/mol. The topological polar surface area (TPSA) is 78.1 Å². The van der Waals surface area contributed by atoms with Gasteiger partial charge in [-0.2, -0.15) is 0 Å². The van der Waals surface area contributed by atoms with E-state index in [0.29, 0.717) is 65.4 Å². The Labute approximate surface area is 146 Å². The van der Waals surface area contributed by atoms with Gasteiger partial charge in [0, 0.05) is 26.1 Å². The maximum Gasteiger partial charge on any atom is 0.216 e. The zero-order valence-corrected chi connectivity index (χ0v) is 15.6. The Hall–Kier alpha value is -0.730. The Bertz CT molecular complexity index is 276. The van der Waals surface area contributed by atoms with E-state index < -0.39 is 0 Å². The molecule has 0 radical (unpaired) electrons. The maximum absolute atomic E-state index is 10.6. The van der Waals surface area contributed by atoms with Crippen molar-refractivity contribution in [2.45, 2.75) is 39.7 Å². The second-order valence-corrected chi connectivity index (χ2v) is 5.40. The number of hydrogen-bond acceptors (Lipinski definition) is 6. The Morgan fingerprint density at radius 3 is 1.58 bits per heavy atom. The summed E-state index contributed by atoms with van der Waals surface area (Å²) in [5.74, 6) is -0.0432. The monoisotopic (exact) mass is 348 g/mol. The van der Waals surface area contributed by atoms with Crippen LogP contribution in [0.4, 0.5) is 0 Å². The highest BCUT2D eigenvalue weighted by atomic mass is 16.6.